The lowest BCUT2D eigenvalue weighted by atomic mass is 9.89. The number of carbonyl (C=O) groups excluding carboxylic acids is 2. The second-order valence-electron chi connectivity index (χ2n) is 12.7. The number of hydrogen-bond donors (Lipinski definition) is 3. The number of aromatic nitrogens is 2. The van der Waals surface area contributed by atoms with Crippen molar-refractivity contribution in [3.63, 3.8) is 0 Å². The number of nitrogens with two attached hydrogens (primary N) is 1. The number of Topliss-reactive ketones (excluding diaryl/α,β-unsaturated/α-hetero) is 1. The molecule has 0 radical (unpaired) electrons. The molecular weight excluding hydrogens is 562 g/mol. The predicted octanol–water partition coefficient (Wildman–Crippen LogP) is 5.26. The lowest BCUT2D eigenvalue weighted by Crippen LogP contribution is -2.47. The number of hydrogen-bond acceptors (Lipinski definition) is 8. The van der Waals surface area contributed by atoms with Gasteiger partial charge in [-0.05, 0) is 92.1 Å². The second-order valence-corrected chi connectivity index (χ2v) is 12.7. The largest absolute Gasteiger partial charge is 0.364 e. The standard InChI is InChI=1S/C36H41N7O2/c37-35(45)34-36(40-29-11-9-25(10-12-29)26-15-18-42(19-16-26)31-13-14-31)41-33(22-39-34)43-17-3-6-30(23-43)38-21-32(44)28-8-7-24-4-1-2-5-27(24)20-28/h1-2,4-5,7-12,20,22,26,30-31,38H,3,6,13-19,21,23H2,(H2,37,45)(H,40,41)/t30-/m1/s1. The van der Waals surface area contributed by atoms with Crippen LogP contribution in [0.25, 0.3) is 10.8 Å². The number of primary amides is 1. The van der Waals surface area contributed by atoms with E-state index in [1.165, 1.54) is 44.3 Å². The molecule has 0 bridgehead atoms. The van der Waals surface area contributed by atoms with Gasteiger partial charge in [-0.15, -0.1) is 0 Å². The summed E-state index contributed by atoms with van der Waals surface area (Å²) in [7, 11) is 0. The molecule has 2 saturated heterocycles. The summed E-state index contributed by atoms with van der Waals surface area (Å²) < 4.78 is 0. The van der Waals surface area contributed by atoms with Crippen LogP contribution in [0.2, 0.25) is 0 Å². The summed E-state index contributed by atoms with van der Waals surface area (Å²) in [6.45, 7) is 4.14. The molecule has 2 aliphatic heterocycles. The number of likely N-dealkylation sites (tertiary alicyclic amines) is 1. The minimum absolute atomic E-state index is 0.0738. The van der Waals surface area contributed by atoms with Crippen LogP contribution < -0.4 is 21.3 Å². The molecule has 232 valence electrons. The van der Waals surface area contributed by atoms with Gasteiger partial charge >= 0.3 is 0 Å². The summed E-state index contributed by atoms with van der Waals surface area (Å²) in [6.07, 6.45) is 8.66. The molecule has 4 N–H and O–H groups in total. The van der Waals surface area contributed by atoms with Gasteiger partial charge in [0.15, 0.2) is 17.3 Å². The van der Waals surface area contributed by atoms with Crippen LogP contribution in [-0.2, 0) is 0 Å². The Morgan fingerprint density at radius 2 is 1.67 bits per heavy atom. The summed E-state index contributed by atoms with van der Waals surface area (Å²) >= 11 is 0. The fraction of sp³-hybridized carbons (Fsp3) is 0.389. The van der Waals surface area contributed by atoms with Gasteiger partial charge in [-0.1, -0.05) is 48.5 Å². The third-order valence-electron chi connectivity index (χ3n) is 9.60. The second kappa shape index (κ2) is 12.9. The highest BCUT2D eigenvalue weighted by atomic mass is 16.1. The number of nitrogens with one attached hydrogen (secondary N) is 2. The number of rotatable bonds is 10. The van der Waals surface area contributed by atoms with Crippen LogP contribution in [0.5, 0.6) is 0 Å². The Morgan fingerprint density at radius 1 is 0.889 bits per heavy atom. The molecule has 45 heavy (non-hydrogen) atoms. The van der Waals surface area contributed by atoms with Gasteiger partial charge in [0.1, 0.15) is 5.82 Å². The Bertz CT molecular complexity index is 1680. The van der Waals surface area contributed by atoms with E-state index in [1.54, 1.807) is 6.20 Å². The van der Waals surface area contributed by atoms with E-state index in [9.17, 15) is 9.59 Å². The predicted molar refractivity (Wildman–Crippen MR) is 178 cm³/mol. The fourth-order valence-electron chi connectivity index (χ4n) is 6.87. The normalized spacial score (nSPS) is 19.5. The zero-order chi connectivity index (χ0) is 30.8. The number of amides is 1. The fourth-order valence-corrected chi connectivity index (χ4v) is 6.87. The maximum Gasteiger partial charge on any atom is 0.271 e. The van der Waals surface area contributed by atoms with Gasteiger partial charge in [-0.2, -0.15) is 0 Å². The van der Waals surface area contributed by atoms with Crippen molar-refractivity contribution in [1.82, 2.24) is 20.2 Å². The monoisotopic (exact) mass is 603 g/mol. The highest BCUT2D eigenvalue weighted by Crippen LogP contribution is 2.35. The number of ketones is 1. The lowest BCUT2D eigenvalue weighted by molar-refractivity contribution is 0.0982. The average molecular weight is 604 g/mol. The molecule has 3 aromatic carbocycles. The molecule has 0 unspecified atom stereocenters. The summed E-state index contributed by atoms with van der Waals surface area (Å²) in [4.78, 5) is 39.3. The molecule has 1 atom stereocenters. The van der Waals surface area contributed by atoms with Gasteiger partial charge in [-0.25, -0.2) is 9.97 Å². The SMILES string of the molecule is NC(=O)c1ncc(N2CCC[C@@H](NCC(=O)c3ccc4ccccc4c3)C2)nc1Nc1ccc(C2CCN(C3CC3)CC2)cc1. The van der Waals surface area contributed by atoms with Crippen LogP contribution in [0.4, 0.5) is 17.3 Å². The van der Waals surface area contributed by atoms with Crippen molar-refractivity contribution in [3.05, 3.63) is 89.7 Å². The van der Waals surface area contributed by atoms with Crippen LogP contribution in [0.3, 0.4) is 0 Å². The van der Waals surface area contributed by atoms with E-state index in [4.69, 9.17) is 10.7 Å². The van der Waals surface area contributed by atoms with Crippen molar-refractivity contribution in [2.45, 2.75) is 56.5 Å². The van der Waals surface area contributed by atoms with Gasteiger partial charge in [0.2, 0.25) is 0 Å². The third kappa shape index (κ3) is 6.84. The van der Waals surface area contributed by atoms with Crippen molar-refractivity contribution >= 4 is 39.8 Å². The molecule has 7 rings (SSSR count). The molecule has 0 spiro atoms. The summed E-state index contributed by atoms with van der Waals surface area (Å²) in [5.74, 6) is 1.06. The average Bonchev–Trinajstić information content (AvgIpc) is 3.93. The summed E-state index contributed by atoms with van der Waals surface area (Å²) in [6, 6.07) is 23.4. The van der Waals surface area contributed by atoms with E-state index >= 15 is 0 Å². The molecule has 1 aromatic heterocycles. The number of benzene rings is 3. The molecule has 1 saturated carbocycles. The van der Waals surface area contributed by atoms with Crippen molar-refractivity contribution in [2.24, 2.45) is 5.73 Å². The van der Waals surface area contributed by atoms with E-state index in [0.717, 1.165) is 41.9 Å². The first-order valence-electron chi connectivity index (χ1n) is 16.3. The van der Waals surface area contributed by atoms with E-state index < -0.39 is 5.91 Å². The molecule has 3 aliphatic rings. The van der Waals surface area contributed by atoms with E-state index in [0.29, 0.717) is 29.7 Å². The van der Waals surface area contributed by atoms with Gasteiger partial charge < -0.3 is 26.2 Å². The van der Waals surface area contributed by atoms with Crippen molar-refractivity contribution < 1.29 is 9.59 Å². The minimum Gasteiger partial charge on any atom is -0.364 e. The van der Waals surface area contributed by atoms with Crippen LogP contribution in [0.15, 0.2) is 72.9 Å². The molecule has 9 nitrogen and oxygen atoms in total. The number of anilines is 3. The third-order valence-corrected chi connectivity index (χ3v) is 9.60. The molecule has 9 heteroatoms. The Balaban J connectivity index is 0.986. The Kier molecular flexibility index (Phi) is 8.45. The molecule has 3 heterocycles. The van der Waals surface area contributed by atoms with Crippen molar-refractivity contribution in [3.8, 4) is 0 Å². The molecule has 1 amide bonds. The lowest BCUT2D eigenvalue weighted by Gasteiger charge is -2.34. The van der Waals surface area contributed by atoms with E-state index in [-0.39, 0.29) is 24.1 Å². The first-order valence-corrected chi connectivity index (χ1v) is 16.3. The quantitative estimate of drug-likeness (QED) is 0.210. The smallest absolute Gasteiger partial charge is 0.271 e. The van der Waals surface area contributed by atoms with Gasteiger partial charge in [0.05, 0.1) is 12.7 Å². The Morgan fingerprint density at radius 3 is 2.42 bits per heavy atom. The molecule has 3 fully saturated rings. The summed E-state index contributed by atoms with van der Waals surface area (Å²) in [5.41, 5.74) is 8.71. The van der Waals surface area contributed by atoms with E-state index in [2.05, 4.69) is 49.7 Å². The van der Waals surface area contributed by atoms with Crippen molar-refractivity contribution in [2.75, 3.05) is 42.9 Å². The minimum atomic E-state index is -0.624. The number of piperidine rings is 2. The highest BCUT2D eigenvalue weighted by Gasteiger charge is 2.32. The number of fused-ring (bicyclic) bond motifs is 1. The van der Waals surface area contributed by atoms with E-state index in [1.807, 2.05) is 42.5 Å². The Hall–Kier alpha value is -4.34. The summed E-state index contributed by atoms with van der Waals surface area (Å²) in [5, 5.41) is 8.96. The highest BCUT2D eigenvalue weighted by molar-refractivity contribution is 6.01. The van der Waals surface area contributed by atoms with Gasteiger partial charge in [0.25, 0.3) is 5.91 Å². The molecule has 4 aromatic rings. The zero-order valence-electron chi connectivity index (χ0n) is 25.6. The maximum absolute atomic E-state index is 13.0. The topological polar surface area (TPSA) is 116 Å². The number of carbonyl (C=O) groups is 2. The Labute approximate surface area is 264 Å². The van der Waals surface area contributed by atoms with Crippen LogP contribution in [-0.4, -0.2) is 71.4 Å². The first-order chi connectivity index (χ1) is 22.0. The van der Waals surface area contributed by atoms with Crippen LogP contribution >= 0.6 is 0 Å². The van der Waals surface area contributed by atoms with Gasteiger partial charge in [-0.3, -0.25) is 9.59 Å². The first kappa shape index (κ1) is 29.4. The van der Waals surface area contributed by atoms with Crippen LogP contribution in [0.1, 0.15) is 70.9 Å². The number of nitrogens with zero attached hydrogens (tertiary/aromatic N) is 4. The van der Waals surface area contributed by atoms with Crippen LogP contribution in [0, 0.1) is 0 Å². The maximum atomic E-state index is 13.0. The molecule has 1 aliphatic carbocycles. The van der Waals surface area contributed by atoms with Gasteiger partial charge in [0, 0.05) is 36.4 Å². The zero-order valence-corrected chi connectivity index (χ0v) is 25.6. The van der Waals surface area contributed by atoms with Crippen molar-refractivity contribution in [1.29, 1.82) is 0 Å². The molecular formula is C36H41N7O2.